The minimum absolute atomic E-state index is 0.0408. The minimum atomic E-state index is -0.860. The second-order valence-electron chi connectivity index (χ2n) is 7.30. The summed E-state index contributed by atoms with van der Waals surface area (Å²) < 4.78 is 5.25. The molecule has 0 radical (unpaired) electrons. The number of hydrogen-bond acceptors (Lipinski definition) is 6. The molecule has 2 fully saturated rings. The minimum Gasteiger partial charge on any atom is -0.508 e. The first-order valence-corrected chi connectivity index (χ1v) is 9.58. The number of carbonyl (C=O) groups is 2. The van der Waals surface area contributed by atoms with Crippen LogP contribution in [-0.2, 0) is 14.3 Å². The molecule has 27 heavy (non-hydrogen) atoms. The summed E-state index contributed by atoms with van der Waals surface area (Å²) in [5.74, 6) is -0.0485. The molecule has 0 saturated carbocycles. The lowest BCUT2D eigenvalue weighted by molar-refractivity contribution is -0.155. The second-order valence-corrected chi connectivity index (χ2v) is 7.67. The van der Waals surface area contributed by atoms with E-state index in [4.69, 9.17) is 16.3 Å². The Morgan fingerprint density at radius 3 is 2.78 bits per heavy atom. The number of carbonyl (C=O) groups excluding carboxylic acids is 2. The Kier molecular flexibility index (Phi) is 6.24. The third-order valence-electron chi connectivity index (χ3n) is 5.58. The van der Waals surface area contributed by atoms with Gasteiger partial charge >= 0.3 is 0 Å². The van der Waals surface area contributed by atoms with Crippen molar-refractivity contribution < 1.29 is 19.4 Å². The van der Waals surface area contributed by atoms with Crippen LogP contribution in [-0.4, -0.2) is 79.2 Å². The summed E-state index contributed by atoms with van der Waals surface area (Å²) in [6, 6.07) is 3.16. The second kappa shape index (κ2) is 8.46. The van der Waals surface area contributed by atoms with Gasteiger partial charge in [0.25, 0.3) is 12.4 Å². The van der Waals surface area contributed by atoms with Crippen molar-refractivity contribution in [2.45, 2.75) is 31.4 Å². The predicted molar refractivity (Wildman–Crippen MR) is 102 cm³/mol. The van der Waals surface area contributed by atoms with Gasteiger partial charge < -0.3 is 20.1 Å². The van der Waals surface area contributed by atoms with Crippen molar-refractivity contribution in [3.05, 3.63) is 28.3 Å². The lowest BCUT2D eigenvalue weighted by atomic mass is 9.92. The average molecular weight is 396 g/mol. The van der Waals surface area contributed by atoms with E-state index in [-0.39, 0.29) is 23.6 Å². The summed E-state index contributed by atoms with van der Waals surface area (Å²) in [5, 5.41) is 14.1. The van der Waals surface area contributed by atoms with Gasteiger partial charge in [0, 0.05) is 44.2 Å². The smallest absolute Gasteiger partial charge is 0.293 e. The Morgan fingerprint density at radius 1 is 1.41 bits per heavy atom. The fourth-order valence-electron chi connectivity index (χ4n) is 4.11. The number of amides is 1. The molecule has 2 aliphatic rings. The molecule has 2 aliphatic heterocycles. The highest BCUT2D eigenvalue weighted by Crippen LogP contribution is 2.42. The van der Waals surface area contributed by atoms with Crippen LogP contribution in [0.4, 0.5) is 0 Å². The molecule has 3 rings (SSSR count). The van der Waals surface area contributed by atoms with Gasteiger partial charge in [0.05, 0.1) is 11.1 Å². The van der Waals surface area contributed by atoms with Crippen molar-refractivity contribution in [2.24, 2.45) is 0 Å². The molecule has 7 nitrogen and oxygen atoms in total. The van der Waals surface area contributed by atoms with Crippen LogP contribution in [0.2, 0.25) is 5.02 Å². The topological polar surface area (TPSA) is 82.1 Å². The monoisotopic (exact) mass is 395 g/mol. The first-order chi connectivity index (χ1) is 12.9. The highest BCUT2D eigenvalue weighted by Gasteiger charge is 2.43. The number of likely N-dealkylation sites (tertiary alicyclic amines) is 1. The molecule has 0 spiro atoms. The molecule has 1 amide bonds. The van der Waals surface area contributed by atoms with Gasteiger partial charge in [-0.2, -0.15) is 0 Å². The third kappa shape index (κ3) is 4.05. The maximum absolute atomic E-state index is 13.0. The van der Waals surface area contributed by atoms with Gasteiger partial charge in [-0.15, -0.1) is 0 Å². The van der Waals surface area contributed by atoms with Crippen LogP contribution in [0.3, 0.4) is 0 Å². The van der Waals surface area contributed by atoms with Crippen LogP contribution in [0.15, 0.2) is 12.1 Å². The summed E-state index contributed by atoms with van der Waals surface area (Å²) in [5.41, 5.74) is 1.60. The van der Waals surface area contributed by atoms with E-state index in [1.807, 2.05) is 18.9 Å². The van der Waals surface area contributed by atoms with E-state index < -0.39 is 6.10 Å². The van der Waals surface area contributed by atoms with Crippen LogP contribution in [0, 0.1) is 6.92 Å². The number of aryl methyl sites for hydroxylation is 1. The quantitative estimate of drug-likeness (QED) is 0.727. The average Bonchev–Trinajstić information content (AvgIpc) is 3.04. The number of phenols is 1. The van der Waals surface area contributed by atoms with Gasteiger partial charge in [-0.3, -0.25) is 14.5 Å². The van der Waals surface area contributed by atoms with E-state index in [2.05, 4.69) is 5.32 Å². The molecule has 0 aliphatic carbocycles. The molecule has 2 N–H and O–H groups in total. The zero-order valence-electron chi connectivity index (χ0n) is 15.7. The SMILES string of the molecule is Cc1ccc(O)c(C2CC(C(OC=O)C(=O)N3CCNCC3)N(C)C2)c1Cl. The molecule has 2 heterocycles. The highest BCUT2D eigenvalue weighted by molar-refractivity contribution is 6.32. The van der Waals surface area contributed by atoms with E-state index in [9.17, 15) is 14.7 Å². The Hall–Kier alpha value is -1.83. The Bertz CT molecular complexity index is 708. The van der Waals surface area contributed by atoms with Gasteiger partial charge in [0.1, 0.15) is 5.75 Å². The number of benzene rings is 1. The summed E-state index contributed by atoms with van der Waals surface area (Å²) in [4.78, 5) is 27.8. The van der Waals surface area contributed by atoms with Crippen molar-refractivity contribution in [3.63, 3.8) is 0 Å². The van der Waals surface area contributed by atoms with Gasteiger partial charge in [0.2, 0.25) is 0 Å². The van der Waals surface area contributed by atoms with E-state index in [1.165, 1.54) is 0 Å². The maximum atomic E-state index is 13.0. The summed E-state index contributed by atoms with van der Waals surface area (Å²) in [6.07, 6.45) is -0.287. The van der Waals surface area contributed by atoms with Crippen LogP contribution in [0.1, 0.15) is 23.5 Å². The van der Waals surface area contributed by atoms with Crippen molar-refractivity contribution in [3.8, 4) is 5.75 Å². The molecular formula is C19H26ClN3O4. The molecule has 8 heteroatoms. The third-order valence-corrected chi connectivity index (χ3v) is 6.08. The molecular weight excluding hydrogens is 370 g/mol. The van der Waals surface area contributed by atoms with Crippen molar-refractivity contribution in [1.29, 1.82) is 0 Å². The van der Waals surface area contributed by atoms with Gasteiger partial charge in [-0.05, 0) is 32.0 Å². The Balaban J connectivity index is 1.82. The van der Waals surface area contributed by atoms with E-state index in [0.717, 1.165) is 18.7 Å². The number of ether oxygens (including phenoxy) is 1. The first-order valence-electron chi connectivity index (χ1n) is 9.20. The van der Waals surface area contributed by atoms with E-state index in [1.54, 1.807) is 17.0 Å². The lowest BCUT2D eigenvalue weighted by Gasteiger charge is -2.33. The zero-order chi connectivity index (χ0) is 19.6. The number of nitrogens with one attached hydrogen (secondary N) is 1. The number of hydrogen-bond donors (Lipinski definition) is 2. The fraction of sp³-hybridized carbons (Fsp3) is 0.579. The molecule has 148 valence electrons. The molecule has 0 bridgehead atoms. The van der Waals surface area contributed by atoms with Crippen LogP contribution in [0.25, 0.3) is 0 Å². The van der Waals surface area contributed by atoms with Gasteiger partial charge in [-0.25, -0.2) is 0 Å². The predicted octanol–water partition coefficient (Wildman–Crippen LogP) is 1.12. The van der Waals surface area contributed by atoms with E-state index >= 15 is 0 Å². The van der Waals surface area contributed by atoms with Crippen LogP contribution >= 0.6 is 11.6 Å². The number of halogens is 1. The zero-order valence-corrected chi connectivity index (χ0v) is 16.4. The normalized spacial score (nSPS) is 24.6. The molecule has 1 aromatic carbocycles. The van der Waals surface area contributed by atoms with Crippen molar-refractivity contribution in [1.82, 2.24) is 15.1 Å². The van der Waals surface area contributed by atoms with Crippen molar-refractivity contribution in [2.75, 3.05) is 39.8 Å². The number of aromatic hydroxyl groups is 1. The number of nitrogens with zero attached hydrogens (tertiary/aromatic N) is 2. The fourth-order valence-corrected chi connectivity index (χ4v) is 4.43. The summed E-state index contributed by atoms with van der Waals surface area (Å²) in [7, 11) is 1.90. The van der Waals surface area contributed by atoms with Crippen LogP contribution < -0.4 is 5.32 Å². The number of piperazine rings is 1. The summed E-state index contributed by atoms with van der Waals surface area (Å²) in [6.45, 7) is 5.53. The molecule has 2 saturated heterocycles. The number of likely N-dealkylation sites (N-methyl/N-ethyl adjacent to an activating group) is 1. The van der Waals surface area contributed by atoms with E-state index in [0.29, 0.717) is 43.1 Å². The maximum Gasteiger partial charge on any atom is 0.293 e. The molecule has 0 aromatic heterocycles. The Morgan fingerprint density at radius 2 is 2.11 bits per heavy atom. The molecule has 3 atom stereocenters. The van der Waals surface area contributed by atoms with Crippen LogP contribution in [0.5, 0.6) is 5.75 Å². The van der Waals surface area contributed by atoms with Gasteiger partial charge in [-0.1, -0.05) is 17.7 Å². The highest BCUT2D eigenvalue weighted by atomic mass is 35.5. The van der Waals surface area contributed by atoms with Gasteiger partial charge in [0.15, 0.2) is 6.10 Å². The standard InChI is InChI=1S/C19H26ClN3O4/c1-12-3-4-15(25)16(17(12)20)13-9-14(22(2)10-13)18(27-11-24)19(26)23-7-5-21-6-8-23/h3-4,11,13-14,18,21,25H,5-10H2,1-2H3. The molecule has 3 unspecified atom stereocenters. The van der Waals surface area contributed by atoms with Crippen molar-refractivity contribution >= 4 is 24.0 Å². The molecule has 1 aromatic rings. The number of phenolic OH excluding ortho intramolecular Hbond substituents is 1. The Labute approximate surface area is 164 Å². The summed E-state index contributed by atoms with van der Waals surface area (Å²) >= 11 is 6.45. The number of rotatable bonds is 5. The first kappa shape index (κ1) is 19.9. The largest absolute Gasteiger partial charge is 0.508 e. The lowest BCUT2D eigenvalue weighted by Crippen LogP contribution is -2.54.